The highest BCUT2D eigenvalue weighted by atomic mass is 35.5. The fourth-order valence-corrected chi connectivity index (χ4v) is 3.85. The van der Waals surface area contributed by atoms with Gasteiger partial charge in [0.25, 0.3) is 0 Å². The molecule has 1 nitrogen and oxygen atoms in total. The molecule has 0 bridgehead atoms. The van der Waals surface area contributed by atoms with Crippen LogP contribution in [0, 0.1) is 0 Å². The van der Waals surface area contributed by atoms with Crippen molar-refractivity contribution in [1.29, 1.82) is 0 Å². The van der Waals surface area contributed by atoms with Crippen LogP contribution in [0.5, 0.6) is 0 Å². The van der Waals surface area contributed by atoms with Crippen LogP contribution >= 0.6 is 23.2 Å². The van der Waals surface area contributed by atoms with Crippen molar-refractivity contribution in [2.24, 2.45) is 0 Å². The van der Waals surface area contributed by atoms with Gasteiger partial charge in [-0.3, -0.25) is 4.90 Å². The zero-order valence-electron chi connectivity index (χ0n) is 9.13. The van der Waals surface area contributed by atoms with E-state index in [4.69, 9.17) is 23.2 Å². The van der Waals surface area contributed by atoms with E-state index in [-0.39, 0.29) is 5.38 Å². The van der Waals surface area contributed by atoms with Gasteiger partial charge >= 0.3 is 0 Å². The number of alkyl halides is 1. The molecule has 3 rings (SSSR count). The Hall–Kier alpha value is -0.240. The van der Waals surface area contributed by atoms with Crippen molar-refractivity contribution in [2.45, 2.75) is 30.7 Å². The molecular weight excluding hydrogens is 241 g/mol. The lowest BCUT2D eigenvalue weighted by Gasteiger charge is -2.26. The van der Waals surface area contributed by atoms with Crippen LogP contribution < -0.4 is 0 Å². The minimum Gasteiger partial charge on any atom is -0.298 e. The highest BCUT2D eigenvalue weighted by molar-refractivity contribution is 6.33. The van der Waals surface area contributed by atoms with Crippen molar-refractivity contribution in [3.8, 4) is 0 Å². The van der Waals surface area contributed by atoms with Crippen molar-refractivity contribution in [3.63, 3.8) is 0 Å². The van der Waals surface area contributed by atoms with E-state index in [1.165, 1.54) is 37.1 Å². The van der Waals surface area contributed by atoms with Crippen molar-refractivity contribution < 1.29 is 0 Å². The quantitative estimate of drug-likeness (QED) is 0.693. The standard InChI is InChI=1S/C13H15Cl2N/c14-10-5-3-4-9-8-11(13(15)12(9)10)16-6-1-2-7-16/h3-5,11,13H,1-2,6-8H2. The molecule has 2 atom stereocenters. The molecule has 2 unspecified atom stereocenters. The largest absolute Gasteiger partial charge is 0.298 e. The second-order valence-corrected chi connectivity index (χ2v) is 5.61. The lowest BCUT2D eigenvalue weighted by Crippen LogP contribution is -2.34. The summed E-state index contributed by atoms with van der Waals surface area (Å²) in [6.07, 6.45) is 3.68. The number of hydrogen-bond acceptors (Lipinski definition) is 1. The number of halogens is 2. The van der Waals surface area contributed by atoms with E-state index < -0.39 is 0 Å². The minimum atomic E-state index is 0.0711. The third kappa shape index (κ3) is 1.66. The molecule has 3 heteroatoms. The maximum absolute atomic E-state index is 6.57. The van der Waals surface area contributed by atoms with Gasteiger partial charge in [-0.05, 0) is 49.5 Å². The Morgan fingerprint density at radius 3 is 2.62 bits per heavy atom. The van der Waals surface area contributed by atoms with E-state index in [1.54, 1.807) is 0 Å². The third-order valence-electron chi connectivity index (χ3n) is 3.80. The number of rotatable bonds is 1. The van der Waals surface area contributed by atoms with Crippen LogP contribution in [0.4, 0.5) is 0 Å². The maximum atomic E-state index is 6.57. The first-order valence-corrected chi connectivity index (χ1v) is 6.74. The predicted molar refractivity (Wildman–Crippen MR) is 68.3 cm³/mol. The summed E-state index contributed by atoms with van der Waals surface area (Å²) in [5.74, 6) is 0. The van der Waals surface area contributed by atoms with Crippen LogP contribution in [0.15, 0.2) is 18.2 Å². The summed E-state index contributed by atoms with van der Waals surface area (Å²) in [4.78, 5) is 2.52. The van der Waals surface area contributed by atoms with E-state index in [9.17, 15) is 0 Å². The van der Waals surface area contributed by atoms with Gasteiger partial charge in [-0.15, -0.1) is 11.6 Å². The van der Waals surface area contributed by atoms with E-state index in [2.05, 4.69) is 11.0 Å². The van der Waals surface area contributed by atoms with Gasteiger partial charge in [0.1, 0.15) is 0 Å². The summed E-state index contributed by atoms with van der Waals surface area (Å²) >= 11 is 12.8. The second kappa shape index (κ2) is 4.21. The van der Waals surface area contributed by atoms with Crippen LogP contribution in [0.25, 0.3) is 0 Å². The zero-order chi connectivity index (χ0) is 11.1. The number of likely N-dealkylation sites (tertiary alicyclic amines) is 1. The van der Waals surface area contributed by atoms with Gasteiger partial charge in [-0.25, -0.2) is 0 Å². The smallest absolute Gasteiger partial charge is 0.0760 e. The molecule has 0 radical (unpaired) electrons. The Labute approximate surface area is 106 Å². The number of fused-ring (bicyclic) bond motifs is 1. The molecule has 1 aliphatic carbocycles. The average molecular weight is 256 g/mol. The Morgan fingerprint density at radius 1 is 1.19 bits per heavy atom. The normalized spacial score (nSPS) is 29.6. The van der Waals surface area contributed by atoms with Crippen molar-refractivity contribution in [3.05, 3.63) is 34.3 Å². The van der Waals surface area contributed by atoms with E-state index in [1.807, 2.05) is 12.1 Å². The minimum absolute atomic E-state index is 0.0711. The fourth-order valence-electron chi connectivity index (χ4n) is 2.98. The average Bonchev–Trinajstić information content (AvgIpc) is 2.86. The van der Waals surface area contributed by atoms with Crippen LogP contribution in [0.1, 0.15) is 29.3 Å². The van der Waals surface area contributed by atoms with Gasteiger partial charge in [0, 0.05) is 11.1 Å². The molecular formula is C13H15Cl2N. The molecule has 0 aromatic heterocycles. The summed E-state index contributed by atoms with van der Waals surface area (Å²) in [7, 11) is 0. The maximum Gasteiger partial charge on any atom is 0.0760 e. The van der Waals surface area contributed by atoms with Crippen molar-refractivity contribution in [2.75, 3.05) is 13.1 Å². The molecule has 0 spiro atoms. The third-order valence-corrected chi connectivity index (χ3v) is 4.63. The van der Waals surface area contributed by atoms with Crippen LogP contribution in [0.2, 0.25) is 5.02 Å². The number of nitrogens with zero attached hydrogens (tertiary/aromatic N) is 1. The Bertz CT molecular complexity index is 399. The number of hydrogen-bond donors (Lipinski definition) is 0. The molecule has 86 valence electrons. The Kier molecular flexibility index (Phi) is 2.87. The molecule has 1 aliphatic heterocycles. The molecule has 1 aromatic rings. The van der Waals surface area contributed by atoms with Gasteiger partial charge in [0.15, 0.2) is 0 Å². The van der Waals surface area contributed by atoms with Crippen LogP contribution in [-0.2, 0) is 6.42 Å². The molecule has 1 heterocycles. The summed E-state index contributed by atoms with van der Waals surface area (Å²) in [6.45, 7) is 2.39. The lowest BCUT2D eigenvalue weighted by molar-refractivity contribution is 0.245. The van der Waals surface area contributed by atoms with Gasteiger partial charge in [-0.1, -0.05) is 23.7 Å². The van der Waals surface area contributed by atoms with Gasteiger partial charge in [0.2, 0.25) is 0 Å². The van der Waals surface area contributed by atoms with Gasteiger partial charge in [-0.2, -0.15) is 0 Å². The summed E-state index contributed by atoms with van der Waals surface area (Å²) in [6, 6.07) is 6.59. The topological polar surface area (TPSA) is 3.24 Å². The van der Waals surface area contributed by atoms with E-state index in [0.717, 1.165) is 11.4 Å². The highest BCUT2D eigenvalue weighted by Gasteiger charge is 2.37. The SMILES string of the molecule is Clc1cccc2c1C(Cl)C(N1CCCC1)C2. The van der Waals surface area contributed by atoms with Gasteiger partial charge < -0.3 is 0 Å². The summed E-state index contributed by atoms with van der Waals surface area (Å²) in [5, 5.41) is 0.904. The van der Waals surface area contributed by atoms with Crippen LogP contribution in [-0.4, -0.2) is 24.0 Å². The first-order chi connectivity index (χ1) is 7.77. The molecule has 2 aliphatic rings. The van der Waals surface area contributed by atoms with Gasteiger partial charge in [0.05, 0.1) is 5.38 Å². The fraction of sp³-hybridized carbons (Fsp3) is 0.538. The highest BCUT2D eigenvalue weighted by Crippen LogP contribution is 2.43. The summed E-state index contributed by atoms with van der Waals surface area (Å²) < 4.78 is 0. The lowest BCUT2D eigenvalue weighted by atomic mass is 10.1. The van der Waals surface area contributed by atoms with Crippen LogP contribution in [0.3, 0.4) is 0 Å². The molecule has 0 saturated carbocycles. The van der Waals surface area contributed by atoms with E-state index >= 15 is 0 Å². The number of benzene rings is 1. The molecule has 0 amide bonds. The first kappa shape index (κ1) is 10.9. The zero-order valence-corrected chi connectivity index (χ0v) is 10.6. The van der Waals surface area contributed by atoms with Crippen molar-refractivity contribution >= 4 is 23.2 Å². The Morgan fingerprint density at radius 2 is 1.94 bits per heavy atom. The second-order valence-electron chi connectivity index (χ2n) is 4.73. The van der Waals surface area contributed by atoms with Crippen molar-refractivity contribution in [1.82, 2.24) is 4.90 Å². The van der Waals surface area contributed by atoms with E-state index in [0.29, 0.717) is 6.04 Å². The predicted octanol–water partition coefficient (Wildman–Crippen LogP) is 3.64. The molecule has 0 N–H and O–H groups in total. The summed E-state index contributed by atoms with van der Waals surface area (Å²) in [5.41, 5.74) is 2.51. The monoisotopic (exact) mass is 255 g/mol. The first-order valence-electron chi connectivity index (χ1n) is 5.93. The molecule has 16 heavy (non-hydrogen) atoms. The molecule has 1 fully saturated rings. The Balaban J connectivity index is 1.91. The molecule has 1 saturated heterocycles. The molecule has 1 aromatic carbocycles.